The Kier molecular flexibility index (Phi) is 5.35. The number of rotatable bonds is 6. The number of carbonyl (C=O) groups excluding carboxylic acids is 1. The third kappa shape index (κ3) is 5.09. The van der Waals surface area contributed by atoms with Crippen molar-refractivity contribution in [3.8, 4) is 6.07 Å². The molecule has 1 rings (SSSR count). The van der Waals surface area contributed by atoms with E-state index in [0.717, 1.165) is 5.56 Å². The number of hydrogen-bond acceptors (Lipinski definition) is 4. The van der Waals surface area contributed by atoms with Gasteiger partial charge in [-0.2, -0.15) is 5.26 Å². The van der Waals surface area contributed by atoms with E-state index in [0.29, 0.717) is 12.1 Å². The second kappa shape index (κ2) is 7.04. The van der Waals surface area contributed by atoms with Crippen molar-refractivity contribution >= 4 is 17.6 Å². The fraction of sp³-hybridized carbons (Fsp3) is 0.250. The van der Waals surface area contributed by atoms with Crippen molar-refractivity contribution < 1.29 is 19.4 Å². The zero-order chi connectivity index (χ0) is 13.4. The summed E-state index contributed by atoms with van der Waals surface area (Å²) in [4.78, 5) is 21.5. The second-order valence-corrected chi connectivity index (χ2v) is 3.47. The Balaban J connectivity index is 2.40. The molecule has 6 nitrogen and oxygen atoms in total. The monoisotopic (exact) mass is 248 g/mol. The molecule has 0 saturated carbocycles. The number of nitrogens with zero attached hydrogens (tertiary/aromatic N) is 1. The highest BCUT2D eigenvalue weighted by Crippen LogP contribution is 2.09. The number of hydrogen-bond donors (Lipinski definition) is 2. The van der Waals surface area contributed by atoms with Crippen LogP contribution in [-0.2, 0) is 20.7 Å². The molecule has 2 N–H and O–H groups in total. The smallest absolute Gasteiger partial charge is 0.329 e. The first-order valence-electron chi connectivity index (χ1n) is 5.17. The molecule has 0 radical (unpaired) electrons. The predicted octanol–water partition coefficient (Wildman–Crippen LogP) is 0.792. The number of carbonyl (C=O) groups is 2. The van der Waals surface area contributed by atoms with Gasteiger partial charge in [0.15, 0.2) is 0 Å². The Bertz CT molecular complexity index is 462. The van der Waals surface area contributed by atoms with Crippen LogP contribution in [-0.4, -0.2) is 30.2 Å². The van der Waals surface area contributed by atoms with Gasteiger partial charge < -0.3 is 15.2 Å². The summed E-state index contributed by atoms with van der Waals surface area (Å²) in [6.45, 7) is -0.819. The van der Waals surface area contributed by atoms with Gasteiger partial charge in [0.25, 0.3) is 0 Å². The molecular weight excluding hydrogens is 236 g/mol. The Morgan fingerprint density at radius 1 is 1.28 bits per heavy atom. The van der Waals surface area contributed by atoms with Crippen LogP contribution in [0.4, 0.5) is 5.69 Å². The average Bonchev–Trinajstić information content (AvgIpc) is 2.31. The molecular formula is C12H12N2O4. The molecule has 0 unspecified atom stereocenters. The van der Waals surface area contributed by atoms with Crippen molar-refractivity contribution in [2.75, 3.05) is 18.5 Å². The number of benzene rings is 1. The number of amides is 1. The predicted molar refractivity (Wildman–Crippen MR) is 62.8 cm³/mol. The Morgan fingerprint density at radius 3 is 2.50 bits per heavy atom. The molecule has 0 atom stereocenters. The minimum Gasteiger partial charge on any atom is -0.480 e. The summed E-state index contributed by atoms with van der Waals surface area (Å²) < 4.78 is 4.64. The summed E-state index contributed by atoms with van der Waals surface area (Å²) in [5, 5.41) is 19.4. The fourth-order valence-electron chi connectivity index (χ4n) is 1.23. The first-order chi connectivity index (χ1) is 8.61. The molecule has 94 valence electrons. The van der Waals surface area contributed by atoms with Crippen molar-refractivity contribution in [3.63, 3.8) is 0 Å². The lowest BCUT2D eigenvalue weighted by Crippen LogP contribution is -2.20. The van der Waals surface area contributed by atoms with Crippen molar-refractivity contribution in [1.29, 1.82) is 5.26 Å². The molecule has 0 fully saturated rings. The van der Waals surface area contributed by atoms with Crippen molar-refractivity contribution in [2.24, 2.45) is 0 Å². The largest absolute Gasteiger partial charge is 0.480 e. The van der Waals surface area contributed by atoms with Crippen LogP contribution in [0.5, 0.6) is 0 Å². The van der Waals surface area contributed by atoms with Crippen molar-refractivity contribution in [1.82, 2.24) is 0 Å². The van der Waals surface area contributed by atoms with Gasteiger partial charge >= 0.3 is 5.97 Å². The maximum Gasteiger partial charge on any atom is 0.329 e. The van der Waals surface area contributed by atoms with Gasteiger partial charge in [0.1, 0.15) is 13.2 Å². The lowest BCUT2D eigenvalue weighted by Gasteiger charge is -2.05. The van der Waals surface area contributed by atoms with Gasteiger partial charge in [-0.1, -0.05) is 12.1 Å². The van der Waals surface area contributed by atoms with E-state index < -0.39 is 18.5 Å². The van der Waals surface area contributed by atoms with Crippen LogP contribution in [0.3, 0.4) is 0 Å². The molecule has 0 aliphatic heterocycles. The number of aliphatic carboxylic acids is 1. The normalized spacial score (nSPS) is 9.50. The van der Waals surface area contributed by atoms with Gasteiger partial charge in [0, 0.05) is 5.69 Å². The van der Waals surface area contributed by atoms with Crippen LogP contribution in [0.1, 0.15) is 5.56 Å². The average molecular weight is 248 g/mol. The first-order valence-corrected chi connectivity index (χ1v) is 5.17. The van der Waals surface area contributed by atoms with E-state index in [1.165, 1.54) is 0 Å². The van der Waals surface area contributed by atoms with E-state index >= 15 is 0 Å². The minimum absolute atomic E-state index is 0.313. The van der Waals surface area contributed by atoms with Crippen LogP contribution in [0.25, 0.3) is 0 Å². The summed E-state index contributed by atoms with van der Waals surface area (Å²) in [6.07, 6.45) is 0.315. The lowest BCUT2D eigenvalue weighted by molar-refractivity contribution is -0.143. The standard InChI is InChI=1S/C12H12N2O4/c13-6-5-9-1-3-10(4-2-9)14-11(15)7-18-8-12(16)17/h1-4H,5,7-8H2,(H,14,15)(H,16,17). The topological polar surface area (TPSA) is 99.4 Å². The molecule has 0 bridgehead atoms. The minimum atomic E-state index is -1.12. The van der Waals surface area contributed by atoms with Gasteiger partial charge in [-0.25, -0.2) is 4.79 Å². The van der Waals surface area contributed by atoms with Crippen LogP contribution >= 0.6 is 0 Å². The summed E-state index contributed by atoms with van der Waals surface area (Å²) >= 11 is 0. The SMILES string of the molecule is N#CCc1ccc(NC(=O)COCC(=O)O)cc1. The van der Waals surface area contributed by atoms with Gasteiger partial charge in [-0.05, 0) is 17.7 Å². The van der Waals surface area contributed by atoms with Gasteiger partial charge in [0.2, 0.25) is 5.91 Å². The van der Waals surface area contributed by atoms with Crippen LogP contribution < -0.4 is 5.32 Å². The maximum atomic E-state index is 11.3. The number of nitriles is 1. The summed E-state index contributed by atoms with van der Waals surface area (Å²) in [7, 11) is 0. The zero-order valence-electron chi connectivity index (χ0n) is 9.55. The molecule has 1 amide bonds. The Hall–Kier alpha value is -2.39. The Morgan fingerprint density at radius 2 is 1.94 bits per heavy atom. The van der Waals surface area contributed by atoms with Gasteiger partial charge in [0.05, 0.1) is 12.5 Å². The van der Waals surface area contributed by atoms with E-state index in [1.54, 1.807) is 24.3 Å². The van der Waals surface area contributed by atoms with Gasteiger partial charge in [-0.3, -0.25) is 4.79 Å². The zero-order valence-corrected chi connectivity index (χ0v) is 9.55. The highest BCUT2D eigenvalue weighted by Gasteiger charge is 2.04. The molecule has 0 spiro atoms. The van der Waals surface area contributed by atoms with Crippen molar-refractivity contribution in [3.05, 3.63) is 29.8 Å². The third-order valence-electron chi connectivity index (χ3n) is 1.98. The Labute approximate surface area is 104 Å². The van der Waals surface area contributed by atoms with E-state index in [-0.39, 0.29) is 6.61 Å². The highest BCUT2D eigenvalue weighted by molar-refractivity contribution is 5.91. The summed E-state index contributed by atoms with van der Waals surface area (Å²) in [6, 6.07) is 8.82. The van der Waals surface area contributed by atoms with Crippen LogP contribution in [0, 0.1) is 11.3 Å². The molecule has 0 heterocycles. The van der Waals surface area contributed by atoms with E-state index in [2.05, 4.69) is 10.1 Å². The molecule has 0 aromatic heterocycles. The third-order valence-corrected chi connectivity index (χ3v) is 1.98. The quantitative estimate of drug-likeness (QED) is 0.775. The number of carboxylic acids is 1. The lowest BCUT2D eigenvalue weighted by atomic mass is 10.1. The molecule has 0 saturated heterocycles. The summed E-state index contributed by atoms with van der Waals surface area (Å²) in [5.74, 6) is -1.55. The number of ether oxygens (including phenoxy) is 1. The fourth-order valence-corrected chi connectivity index (χ4v) is 1.23. The van der Waals surface area contributed by atoms with E-state index in [1.807, 2.05) is 6.07 Å². The molecule has 0 aliphatic rings. The van der Waals surface area contributed by atoms with E-state index in [4.69, 9.17) is 10.4 Å². The van der Waals surface area contributed by atoms with E-state index in [9.17, 15) is 9.59 Å². The molecule has 18 heavy (non-hydrogen) atoms. The van der Waals surface area contributed by atoms with Gasteiger partial charge in [-0.15, -0.1) is 0 Å². The molecule has 0 aliphatic carbocycles. The maximum absolute atomic E-state index is 11.3. The first kappa shape index (κ1) is 13.7. The molecule has 6 heteroatoms. The number of carboxylic acid groups (broad SMARTS) is 1. The van der Waals surface area contributed by atoms with Crippen molar-refractivity contribution in [2.45, 2.75) is 6.42 Å². The number of anilines is 1. The highest BCUT2D eigenvalue weighted by atomic mass is 16.5. The molecule has 1 aromatic rings. The summed E-state index contributed by atoms with van der Waals surface area (Å²) in [5.41, 5.74) is 1.43. The number of nitrogens with one attached hydrogen (secondary N) is 1. The van der Waals surface area contributed by atoms with Crippen LogP contribution in [0.2, 0.25) is 0 Å². The molecule has 1 aromatic carbocycles. The van der Waals surface area contributed by atoms with Crippen LogP contribution in [0.15, 0.2) is 24.3 Å². The second-order valence-electron chi connectivity index (χ2n) is 3.47.